The van der Waals surface area contributed by atoms with Gasteiger partial charge in [0.2, 0.25) is 0 Å². The van der Waals surface area contributed by atoms with E-state index in [1.807, 2.05) is 39.0 Å². The molecule has 1 N–H and O–H groups in total. The Hall–Kier alpha value is -2.75. The summed E-state index contributed by atoms with van der Waals surface area (Å²) in [4.78, 5) is 12.7. The summed E-state index contributed by atoms with van der Waals surface area (Å²) in [5.74, 6) is 1.46. The van der Waals surface area contributed by atoms with Crippen molar-refractivity contribution in [3.8, 4) is 11.5 Å². The fraction of sp³-hybridized carbons (Fsp3) is 0.318. The molecule has 0 bridgehead atoms. The van der Waals surface area contributed by atoms with Gasteiger partial charge in [-0.05, 0) is 56.7 Å². The normalized spacial score (nSPS) is 17.6. The van der Waals surface area contributed by atoms with Crippen LogP contribution in [0.1, 0.15) is 47.8 Å². The molecule has 1 aliphatic heterocycles. The van der Waals surface area contributed by atoms with Crippen molar-refractivity contribution in [1.29, 1.82) is 0 Å². The summed E-state index contributed by atoms with van der Waals surface area (Å²) in [6.45, 7) is 10.2. The molecule has 26 heavy (non-hydrogen) atoms. The third-order valence-electron chi connectivity index (χ3n) is 4.42. The number of benzene rings is 2. The van der Waals surface area contributed by atoms with Gasteiger partial charge in [0.15, 0.2) is 0 Å². The first-order valence-electron chi connectivity index (χ1n) is 8.82. The standard InChI is InChI=1S/C22H25NO3/c1-5-12-25-17-9-7-16(8-10-17)21(24)23-19-14-22(3,4)26-20-13-15(2)6-11-18(19)20/h5-11,13,19H,1,12,14H2,2-4H3,(H,23,24)/t19-/m0/s1. The highest BCUT2D eigenvalue weighted by atomic mass is 16.5. The monoisotopic (exact) mass is 351 g/mol. The van der Waals surface area contributed by atoms with Crippen molar-refractivity contribution < 1.29 is 14.3 Å². The topological polar surface area (TPSA) is 47.6 Å². The quantitative estimate of drug-likeness (QED) is 0.801. The molecule has 2 aromatic rings. The summed E-state index contributed by atoms with van der Waals surface area (Å²) in [6, 6.07) is 13.2. The summed E-state index contributed by atoms with van der Waals surface area (Å²) >= 11 is 0. The predicted octanol–water partition coefficient (Wildman–Crippen LogP) is 4.59. The number of carbonyl (C=O) groups is 1. The summed E-state index contributed by atoms with van der Waals surface area (Å²) in [7, 11) is 0. The van der Waals surface area contributed by atoms with Gasteiger partial charge in [-0.2, -0.15) is 0 Å². The van der Waals surface area contributed by atoms with Crippen molar-refractivity contribution in [2.45, 2.75) is 38.8 Å². The predicted molar refractivity (Wildman–Crippen MR) is 103 cm³/mol. The molecular weight excluding hydrogens is 326 g/mol. The Labute approximate surface area is 154 Å². The van der Waals surface area contributed by atoms with Crippen LogP contribution in [0.25, 0.3) is 0 Å². The number of fused-ring (bicyclic) bond motifs is 1. The highest BCUT2D eigenvalue weighted by Crippen LogP contribution is 2.40. The number of hydrogen-bond acceptors (Lipinski definition) is 3. The minimum absolute atomic E-state index is 0.0847. The Balaban J connectivity index is 1.77. The van der Waals surface area contributed by atoms with Crippen molar-refractivity contribution in [3.05, 3.63) is 71.8 Å². The van der Waals surface area contributed by atoms with Gasteiger partial charge in [0, 0.05) is 17.5 Å². The number of aryl methyl sites for hydroxylation is 1. The van der Waals surface area contributed by atoms with Gasteiger partial charge < -0.3 is 14.8 Å². The van der Waals surface area contributed by atoms with Crippen LogP contribution in [0.3, 0.4) is 0 Å². The molecule has 2 aromatic carbocycles. The van der Waals surface area contributed by atoms with Crippen molar-refractivity contribution in [2.75, 3.05) is 6.61 Å². The average Bonchev–Trinajstić information content (AvgIpc) is 2.59. The molecule has 3 rings (SSSR count). The summed E-state index contributed by atoms with van der Waals surface area (Å²) in [5, 5.41) is 3.15. The van der Waals surface area contributed by atoms with Crippen LogP contribution < -0.4 is 14.8 Å². The maximum absolute atomic E-state index is 12.7. The largest absolute Gasteiger partial charge is 0.490 e. The minimum atomic E-state index is -0.332. The van der Waals surface area contributed by atoms with E-state index in [4.69, 9.17) is 9.47 Å². The highest BCUT2D eigenvalue weighted by molar-refractivity contribution is 5.94. The summed E-state index contributed by atoms with van der Waals surface area (Å²) in [5.41, 5.74) is 2.44. The summed E-state index contributed by atoms with van der Waals surface area (Å²) < 4.78 is 11.6. The third-order valence-corrected chi connectivity index (χ3v) is 4.42. The second kappa shape index (κ2) is 7.24. The van der Waals surface area contributed by atoms with Gasteiger partial charge in [0.05, 0.1) is 6.04 Å². The van der Waals surface area contributed by atoms with Crippen LogP contribution in [-0.2, 0) is 0 Å². The molecule has 0 aromatic heterocycles. The van der Waals surface area contributed by atoms with Gasteiger partial charge in [0.25, 0.3) is 5.91 Å². The number of carbonyl (C=O) groups excluding carboxylic acids is 1. The molecule has 136 valence electrons. The lowest BCUT2D eigenvalue weighted by atomic mass is 9.89. The molecule has 0 radical (unpaired) electrons. The number of nitrogens with one attached hydrogen (secondary N) is 1. The Kier molecular flexibility index (Phi) is 5.03. The molecule has 4 nitrogen and oxygen atoms in total. The maximum Gasteiger partial charge on any atom is 0.251 e. The molecule has 0 unspecified atom stereocenters. The second-order valence-electron chi connectivity index (χ2n) is 7.26. The molecule has 1 amide bonds. The van der Waals surface area contributed by atoms with Gasteiger partial charge in [-0.1, -0.05) is 24.8 Å². The van der Waals surface area contributed by atoms with Crippen LogP contribution in [0, 0.1) is 6.92 Å². The van der Waals surface area contributed by atoms with Crippen molar-refractivity contribution in [2.24, 2.45) is 0 Å². The fourth-order valence-electron chi connectivity index (χ4n) is 3.19. The van der Waals surface area contributed by atoms with E-state index in [0.29, 0.717) is 12.2 Å². The first-order chi connectivity index (χ1) is 12.4. The van der Waals surface area contributed by atoms with E-state index in [2.05, 4.69) is 11.9 Å². The molecule has 0 aliphatic carbocycles. The zero-order valence-electron chi connectivity index (χ0n) is 15.5. The van der Waals surface area contributed by atoms with Gasteiger partial charge in [0.1, 0.15) is 23.7 Å². The van der Waals surface area contributed by atoms with Crippen LogP contribution in [0.2, 0.25) is 0 Å². The first-order valence-corrected chi connectivity index (χ1v) is 8.82. The Bertz CT molecular complexity index is 809. The van der Waals surface area contributed by atoms with E-state index in [1.54, 1.807) is 30.3 Å². The van der Waals surface area contributed by atoms with E-state index < -0.39 is 0 Å². The Morgan fingerprint density at radius 2 is 2.04 bits per heavy atom. The number of hydrogen-bond donors (Lipinski definition) is 1. The van der Waals surface area contributed by atoms with Crippen LogP contribution >= 0.6 is 0 Å². The molecular formula is C22H25NO3. The smallest absolute Gasteiger partial charge is 0.251 e. The van der Waals surface area contributed by atoms with E-state index in [9.17, 15) is 4.79 Å². The zero-order chi connectivity index (χ0) is 18.7. The van der Waals surface area contributed by atoms with Gasteiger partial charge in [-0.3, -0.25) is 4.79 Å². The molecule has 0 fully saturated rings. The van der Waals surface area contributed by atoms with Crippen LogP contribution in [0.5, 0.6) is 11.5 Å². The molecule has 1 atom stereocenters. The summed E-state index contributed by atoms with van der Waals surface area (Å²) in [6.07, 6.45) is 2.40. The second-order valence-corrected chi connectivity index (χ2v) is 7.26. The maximum atomic E-state index is 12.7. The highest BCUT2D eigenvalue weighted by Gasteiger charge is 2.34. The van der Waals surface area contributed by atoms with E-state index in [1.165, 1.54) is 0 Å². The van der Waals surface area contributed by atoms with Crippen LogP contribution in [-0.4, -0.2) is 18.1 Å². The number of rotatable bonds is 5. The molecule has 0 saturated carbocycles. The SMILES string of the molecule is C=CCOc1ccc(C(=O)N[C@H]2CC(C)(C)Oc3cc(C)ccc32)cc1. The van der Waals surface area contributed by atoms with Gasteiger partial charge in [-0.25, -0.2) is 0 Å². The lowest BCUT2D eigenvalue weighted by Gasteiger charge is -2.38. The first kappa shape index (κ1) is 18.1. The minimum Gasteiger partial charge on any atom is -0.490 e. The van der Waals surface area contributed by atoms with Gasteiger partial charge >= 0.3 is 0 Å². The van der Waals surface area contributed by atoms with E-state index >= 15 is 0 Å². The number of amides is 1. The molecule has 0 spiro atoms. The lowest BCUT2D eigenvalue weighted by Crippen LogP contribution is -2.41. The Morgan fingerprint density at radius 1 is 1.31 bits per heavy atom. The average molecular weight is 351 g/mol. The third kappa shape index (κ3) is 4.07. The molecule has 0 saturated heterocycles. The van der Waals surface area contributed by atoms with Crippen molar-refractivity contribution in [1.82, 2.24) is 5.32 Å². The molecule has 1 aliphatic rings. The van der Waals surface area contributed by atoms with Gasteiger partial charge in [-0.15, -0.1) is 0 Å². The fourth-order valence-corrected chi connectivity index (χ4v) is 3.19. The zero-order valence-corrected chi connectivity index (χ0v) is 15.5. The molecule has 1 heterocycles. The van der Waals surface area contributed by atoms with Crippen molar-refractivity contribution in [3.63, 3.8) is 0 Å². The Morgan fingerprint density at radius 3 is 2.73 bits per heavy atom. The van der Waals surface area contributed by atoms with E-state index in [-0.39, 0.29) is 17.6 Å². The van der Waals surface area contributed by atoms with Crippen LogP contribution in [0.4, 0.5) is 0 Å². The molecule has 4 heteroatoms. The van der Waals surface area contributed by atoms with Crippen molar-refractivity contribution >= 4 is 5.91 Å². The lowest BCUT2D eigenvalue weighted by molar-refractivity contribution is 0.0619. The van der Waals surface area contributed by atoms with E-state index in [0.717, 1.165) is 29.0 Å². The van der Waals surface area contributed by atoms with Crippen LogP contribution in [0.15, 0.2) is 55.1 Å². The number of ether oxygens (including phenoxy) is 2.